The van der Waals surface area contributed by atoms with Crippen molar-refractivity contribution in [3.05, 3.63) is 55.0 Å². The lowest BCUT2D eigenvalue weighted by atomic mass is 10.3. The first-order valence-corrected chi connectivity index (χ1v) is 6.56. The van der Waals surface area contributed by atoms with Crippen molar-refractivity contribution in [2.45, 2.75) is 20.0 Å². The van der Waals surface area contributed by atoms with Crippen LogP contribution in [0.25, 0.3) is 5.82 Å². The largest absolute Gasteiger partial charge is 0.378 e. The Morgan fingerprint density at radius 2 is 2.15 bits per heavy atom. The molecule has 1 N–H and O–H groups in total. The maximum absolute atomic E-state index is 4.40. The summed E-state index contributed by atoms with van der Waals surface area (Å²) in [6.45, 7) is 3.69. The van der Waals surface area contributed by atoms with Gasteiger partial charge in [0.25, 0.3) is 0 Å². The van der Waals surface area contributed by atoms with Crippen molar-refractivity contribution in [1.82, 2.24) is 24.3 Å². The van der Waals surface area contributed by atoms with Crippen LogP contribution in [0.3, 0.4) is 0 Å². The molecule has 0 aromatic carbocycles. The molecule has 0 atom stereocenters. The molecule has 0 saturated heterocycles. The molecule has 0 spiro atoms. The van der Waals surface area contributed by atoms with Gasteiger partial charge in [-0.05, 0) is 25.1 Å². The zero-order valence-corrected chi connectivity index (χ0v) is 11.3. The Kier molecular flexibility index (Phi) is 3.45. The van der Waals surface area contributed by atoms with E-state index in [4.69, 9.17) is 0 Å². The molecule has 0 amide bonds. The summed E-state index contributed by atoms with van der Waals surface area (Å²) in [4.78, 5) is 8.41. The number of imidazole rings is 1. The van der Waals surface area contributed by atoms with Crippen molar-refractivity contribution in [2.24, 2.45) is 0 Å². The lowest BCUT2D eigenvalue weighted by Gasteiger charge is -2.08. The quantitative estimate of drug-likeness (QED) is 0.769. The predicted octanol–water partition coefficient (Wildman–Crippen LogP) is 2.10. The Labute approximate surface area is 117 Å². The molecule has 6 heteroatoms. The fourth-order valence-corrected chi connectivity index (χ4v) is 2.03. The van der Waals surface area contributed by atoms with E-state index in [1.807, 2.05) is 46.0 Å². The number of anilines is 1. The molecule has 3 rings (SSSR count). The van der Waals surface area contributed by atoms with E-state index in [1.165, 1.54) is 0 Å². The highest BCUT2D eigenvalue weighted by Gasteiger charge is 2.01. The standard InChI is InChI=1S/C14H16N6/c1-2-20-13(5-6-18-20)10-16-12-3-4-14(17-9-12)19-8-7-15-11-19/h3-9,11,16H,2,10H2,1H3. The first-order valence-electron chi connectivity index (χ1n) is 6.56. The highest BCUT2D eigenvalue weighted by molar-refractivity contribution is 5.43. The molecule has 0 aliphatic heterocycles. The first kappa shape index (κ1) is 12.4. The highest BCUT2D eigenvalue weighted by Crippen LogP contribution is 2.11. The van der Waals surface area contributed by atoms with Gasteiger partial charge in [0, 0.05) is 25.1 Å². The summed E-state index contributed by atoms with van der Waals surface area (Å²) in [5.41, 5.74) is 2.14. The summed E-state index contributed by atoms with van der Waals surface area (Å²) in [5, 5.41) is 7.59. The molecule has 20 heavy (non-hydrogen) atoms. The third-order valence-electron chi connectivity index (χ3n) is 3.09. The van der Waals surface area contributed by atoms with Gasteiger partial charge in [-0.1, -0.05) is 0 Å². The molecule has 0 radical (unpaired) electrons. The molecular weight excluding hydrogens is 252 g/mol. The zero-order valence-electron chi connectivity index (χ0n) is 11.3. The number of hydrogen-bond donors (Lipinski definition) is 1. The summed E-state index contributed by atoms with van der Waals surface area (Å²) in [5.74, 6) is 0.853. The summed E-state index contributed by atoms with van der Waals surface area (Å²) in [6.07, 6.45) is 8.98. The van der Waals surface area contributed by atoms with Gasteiger partial charge in [-0.3, -0.25) is 9.25 Å². The number of rotatable bonds is 5. The zero-order chi connectivity index (χ0) is 13.8. The molecule has 0 unspecified atom stereocenters. The van der Waals surface area contributed by atoms with Gasteiger partial charge in [0.15, 0.2) is 0 Å². The van der Waals surface area contributed by atoms with Crippen molar-refractivity contribution < 1.29 is 0 Å². The molecule has 0 aliphatic rings. The summed E-state index contributed by atoms with van der Waals surface area (Å²) < 4.78 is 3.84. The second-order valence-electron chi connectivity index (χ2n) is 4.37. The number of pyridine rings is 1. The van der Waals surface area contributed by atoms with Crippen LogP contribution in [0.2, 0.25) is 0 Å². The Bertz CT molecular complexity index is 653. The van der Waals surface area contributed by atoms with Crippen LogP contribution >= 0.6 is 0 Å². The van der Waals surface area contributed by atoms with Crippen LogP contribution in [-0.4, -0.2) is 24.3 Å². The number of nitrogens with zero attached hydrogens (tertiary/aromatic N) is 5. The second-order valence-corrected chi connectivity index (χ2v) is 4.37. The summed E-state index contributed by atoms with van der Waals surface area (Å²) in [6, 6.07) is 5.99. The van der Waals surface area contributed by atoms with Gasteiger partial charge in [-0.25, -0.2) is 9.97 Å². The molecule has 6 nitrogen and oxygen atoms in total. The van der Waals surface area contributed by atoms with E-state index in [9.17, 15) is 0 Å². The summed E-state index contributed by atoms with van der Waals surface area (Å²) in [7, 11) is 0. The van der Waals surface area contributed by atoms with Crippen LogP contribution in [-0.2, 0) is 13.1 Å². The first-order chi connectivity index (χ1) is 9.86. The van der Waals surface area contributed by atoms with Crippen LogP contribution in [0.15, 0.2) is 49.3 Å². The Morgan fingerprint density at radius 1 is 1.20 bits per heavy atom. The Morgan fingerprint density at radius 3 is 2.85 bits per heavy atom. The van der Waals surface area contributed by atoms with E-state index in [1.54, 1.807) is 12.5 Å². The minimum atomic E-state index is 0.736. The average molecular weight is 268 g/mol. The van der Waals surface area contributed by atoms with Crippen LogP contribution < -0.4 is 5.32 Å². The van der Waals surface area contributed by atoms with Gasteiger partial charge in [-0.2, -0.15) is 5.10 Å². The molecule has 102 valence electrons. The van der Waals surface area contributed by atoms with E-state index in [0.717, 1.165) is 30.3 Å². The van der Waals surface area contributed by atoms with Crippen molar-refractivity contribution in [3.63, 3.8) is 0 Å². The minimum Gasteiger partial charge on any atom is -0.378 e. The van der Waals surface area contributed by atoms with Gasteiger partial charge in [0.05, 0.1) is 24.1 Å². The van der Waals surface area contributed by atoms with E-state index in [2.05, 4.69) is 27.3 Å². The molecule has 3 aromatic heterocycles. The number of aromatic nitrogens is 5. The maximum atomic E-state index is 4.40. The van der Waals surface area contributed by atoms with E-state index in [0.29, 0.717) is 0 Å². The van der Waals surface area contributed by atoms with Crippen molar-refractivity contribution in [2.75, 3.05) is 5.32 Å². The van der Waals surface area contributed by atoms with E-state index < -0.39 is 0 Å². The number of nitrogens with one attached hydrogen (secondary N) is 1. The van der Waals surface area contributed by atoms with Gasteiger partial charge in [0.1, 0.15) is 12.1 Å². The monoisotopic (exact) mass is 268 g/mol. The fraction of sp³-hybridized carbons (Fsp3) is 0.214. The third kappa shape index (κ3) is 2.54. The van der Waals surface area contributed by atoms with Crippen molar-refractivity contribution >= 4 is 5.69 Å². The normalized spacial score (nSPS) is 10.7. The smallest absolute Gasteiger partial charge is 0.137 e. The fourth-order valence-electron chi connectivity index (χ4n) is 2.03. The van der Waals surface area contributed by atoms with E-state index in [-0.39, 0.29) is 0 Å². The highest BCUT2D eigenvalue weighted by atomic mass is 15.3. The molecule has 0 aliphatic carbocycles. The lowest BCUT2D eigenvalue weighted by Crippen LogP contribution is -2.08. The molecule has 0 fully saturated rings. The second kappa shape index (κ2) is 5.56. The van der Waals surface area contributed by atoms with Crippen LogP contribution in [0.5, 0.6) is 0 Å². The third-order valence-corrected chi connectivity index (χ3v) is 3.09. The molecular formula is C14H16N6. The van der Waals surface area contributed by atoms with E-state index >= 15 is 0 Å². The van der Waals surface area contributed by atoms with Crippen LogP contribution in [0.4, 0.5) is 5.69 Å². The SMILES string of the molecule is CCn1nccc1CNc1ccc(-n2ccnc2)nc1. The van der Waals surface area contributed by atoms with Gasteiger partial charge in [-0.15, -0.1) is 0 Å². The predicted molar refractivity (Wildman–Crippen MR) is 76.6 cm³/mol. The van der Waals surface area contributed by atoms with Gasteiger partial charge >= 0.3 is 0 Å². The average Bonchev–Trinajstić information content (AvgIpc) is 3.16. The Hall–Kier alpha value is -2.63. The van der Waals surface area contributed by atoms with Gasteiger partial charge in [0.2, 0.25) is 0 Å². The van der Waals surface area contributed by atoms with Crippen LogP contribution in [0, 0.1) is 0 Å². The topological polar surface area (TPSA) is 60.6 Å². The minimum absolute atomic E-state index is 0.736. The van der Waals surface area contributed by atoms with Crippen molar-refractivity contribution in [3.8, 4) is 5.82 Å². The van der Waals surface area contributed by atoms with Crippen molar-refractivity contribution in [1.29, 1.82) is 0 Å². The Balaban J connectivity index is 1.67. The van der Waals surface area contributed by atoms with Crippen LogP contribution in [0.1, 0.15) is 12.6 Å². The summed E-state index contributed by atoms with van der Waals surface area (Å²) >= 11 is 0. The number of hydrogen-bond acceptors (Lipinski definition) is 4. The molecule has 3 aromatic rings. The molecule has 0 saturated carbocycles. The molecule has 3 heterocycles. The maximum Gasteiger partial charge on any atom is 0.137 e. The number of aryl methyl sites for hydroxylation is 1. The van der Waals surface area contributed by atoms with Gasteiger partial charge < -0.3 is 5.32 Å². The molecule has 0 bridgehead atoms. The lowest BCUT2D eigenvalue weighted by molar-refractivity contribution is 0.627.